The molecule has 1 aliphatic heterocycles. The first-order valence-electron chi connectivity index (χ1n) is 23.5. The number of ether oxygens (including phenoxy) is 5. The molecule has 0 aromatic heterocycles. The molecule has 0 spiro atoms. The smallest absolute Gasteiger partial charge is 0.412 e. The van der Waals surface area contributed by atoms with Gasteiger partial charge in [0, 0.05) is 44.2 Å². The summed E-state index contributed by atoms with van der Waals surface area (Å²) in [6.07, 6.45) is 19.5. The molecule has 0 saturated heterocycles. The topological polar surface area (TPSA) is 178 Å². The van der Waals surface area contributed by atoms with E-state index in [1.165, 1.54) is 52.1 Å². The van der Waals surface area contributed by atoms with E-state index in [2.05, 4.69) is 30.1 Å². The maximum atomic E-state index is 14.0. The monoisotopic (exact) mass is 872 g/mol. The van der Waals surface area contributed by atoms with E-state index in [1.54, 1.807) is 24.0 Å². The predicted octanol–water partition coefficient (Wildman–Crippen LogP) is 8.43. The number of hydrogen-bond acceptors (Lipinski definition) is 12. The van der Waals surface area contributed by atoms with Gasteiger partial charge in [-0.3, -0.25) is 4.90 Å². The summed E-state index contributed by atoms with van der Waals surface area (Å²) in [5.41, 5.74) is 2.37. The van der Waals surface area contributed by atoms with E-state index in [0.29, 0.717) is 36.6 Å². The molecular weight excluding hydrogens is 795 g/mol. The van der Waals surface area contributed by atoms with Gasteiger partial charge in [-0.2, -0.15) is 0 Å². The Bertz CT molecular complexity index is 1560. The van der Waals surface area contributed by atoms with Crippen LogP contribution in [-0.2, 0) is 19.0 Å². The van der Waals surface area contributed by atoms with Crippen LogP contribution < -0.4 is 14.8 Å². The van der Waals surface area contributed by atoms with Gasteiger partial charge in [0.2, 0.25) is 5.79 Å². The Balaban J connectivity index is 1.75. The zero-order valence-electron chi connectivity index (χ0n) is 37.9. The van der Waals surface area contributed by atoms with E-state index in [0.717, 1.165) is 56.1 Å². The Hall–Kier alpha value is -3.69. The number of fused-ring (bicyclic) bond motifs is 2. The number of aliphatic hydroxyl groups is 3. The molecule has 350 valence electrons. The van der Waals surface area contributed by atoms with Crippen molar-refractivity contribution in [2.75, 3.05) is 66.4 Å². The van der Waals surface area contributed by atoms with Crippen molar-refractivity contribution >= 4 is 17.9 Å². The van der Waals surface area contributed by atoms with Gasteiger partial charge in [0.1, 0.15) is 24.7 Å². The number of rotatable bonds is 31. The van der Waals surface area contributed by atoms with Gasteiger partial charge in [0.15, 0.2) is 0 Å². The standard InChI is InChI=1S/C48H77N3O11/c1-5-8-9-10-11-12-13-14-15-18-25-49-46(55)61-37-23-24-42-40(34-37)44-38(22-17-20-28-53)36(21-16-19-27-52)33-39-41(50-57-4)35-43(48(62-42,45(39)44)60-30-6-2)51(47(56)59-7-3)26-31-58-32-29-54/h6,23-24,33-34,36,38,43-45,52-54H,2,5,7-22,25-32,35H2,1,3-4H3,(H,49,55). The Morgan fingerprint density at radius 2 is 1.65 bits per heavy atom. The molecule has 0 bridgehead atoms. The highest BCUT2D eigenvalue weighted by atomic mass is 16.7. The van der Waals surface area contributed by atoms with E-state index >= 15 is 0 Å². The summed E-state index contributed by atoms with van der Waals surface area (Å²) in [6, 6.07) is 4.64. The molecule has 2 aliphatic carbocycles. The summed E-state index contributed by atoms with van der Waals surface area (Å²) in [5, 5.41) is 36.7. The summed E-state index contributed by atoms with van der Waals surface area (Å²) in [6.45, 7) is 9.05. The Kier molecular flexibility index (Phi) is 23.2. The van der Waals surface area contributed by atoms with Gasteiger partial charge in [-0.15, -0.1) is 6.58 Å². The molecular formula is C48H77N3O11. The maximum Gasteiger partial charge on any atom is 0.412 e. The van der Waals surface area contributed by atoms with Crippen molar-refractivity contribution in [2.45, 2.75) is 141 Å². The number of amides is 2. The van der Waals surface area contributed by atoms with Gasteiger partial charge in [-0.1, -0.05) is 94.9 Å². The van der Waals surface area contributed by atoms with Gasteiger partial charge in [0.25, 0.3) is 0 Å². The normalized spacial score (nSPS) is 23.1. The third-order valence-electron chi connectivity index (χ3n) is 12.4. The van der Waals surface area contributed by atoms with Crippen LogP contribution >= 0.6 is 0 Å². The molecule has 0 radical (unpaired) electrons. The van der Waals surface area contributed by atoms with E-state index in [1.807, 2.05) is 12.1 Å². The number of allylic oxidation sites excluding steroid dienone is 1. The fraction of sp³-hybridized carbons (Fsp3) is 0.729. The molecule has 6 atom stereocenters. The first-order valence-corrected chi connectivity index (χ1v) is 23.5. The highest BCUT2D eigenvalue weighted by Crippen LogP contribution is 2.62. The number of benzene rings is 1. The fourth-order valence-corrected chi connectivity index (χ4v) is 9.68. The number of carbonyl (C=O) groups is 2. The van der Waals surface area contributed by atoms with Crippen LogP contribution in [0.5, 0.6) is 11.5 Å². The quantitative estimate of drug-likeness (QED) is 0.0320. The van der Waals surface area contributed by atoms with Crippen molar-refractivity contribution < 1.29 is 53.4 Å². The second kappa shape index (κ2) is 28.2. The zero-order chi connectivity index (χ0) is 44.6. The predicted molar refractivity (Wildman–Crippen MR) is 239 cm³/mol. The molecule has 1 aromatic carbocycles. The summed E-state index contributed by atoms with van der Waals surface area (Å²) < 4.78 is 31.4. The largest absolute Gasteiger partial charge is 0.459 e. The highest BCUT2D eigenvalue weighted by Gasteiger charge is 2.65. The summed E-state index contributed by atoms with van der Waals surface area (Å²) in [5.74, 6) is -1.36. The van der Waals surface area contributed by atoms with Gasteiger partial charge < -0.3 is 49.2 Å². The second-order valence-electron chi connectivity index (χ2n) is 16.7. The van der Waals surface area contributed by atoms with E-state index < -0.39 is 29.9 Å². The van der Waals surface area contributed by atoms with Gasteiger partial charge in [-0.25, -0.2) is 9.59 Å². The van der Waals surface area contributed by atoms with Crippen molar-refractivity contribution in [3.63, 3.8) is 0 Å². The van der Waals surface area contributed by atoms with E-state index in [9.17, 15) is 24.9 Å². The average Bonchev–Trinajstić information content (AvgIpc) is 3.27. The molecule has 62 heavy (non-hydrogen) atoms. The Morgan fingerprint density at radius 1 is 0.935 bits per heavy atom. The molecule has 1 heterocycles. The molecule has 1 saturated carbocycles. The fourth-order valence-electron chi connectivity index (χ4n) is 9.68. The van der Waals surface area contributed by atoms with E-state index in [4.69, 9.17) is 28.5 Å². The van der Waals surface area contributed by atoms with Crippen LogP contribution in [-0.4, -0.2) is 116 Å². The van der Waals surface area contributed by atoms with E-state index in [-0.39, 0.29) is 77.0 Å². The highest BCUT2D eigenvalue weighted by molar-refractivity contribution is 6.03. The summed E-state index contributed by atoms with van der Waals surface area (Å²) in [4.78, 5) is 34.3. The molecule has 1 fully saturated rings. The van der Waals surface area contributed by atoms with Gasteiger partial charge >= 0.3 is 12.2 Å². The van der Waals surface area contributed by atoms with Crippen LogP contribution in [0.2, 0.25) is 0 Å². The second-order valence-corrected chi connectivity index (χ2v) is 16.7. The minimum atomic E-state index is -1.48. The number of hydrogen-bond donors (Lipinski definition) is 4. The zero-order valence-corrected chi connectivity index (χ0v) is 37.9. The molecule has 4 rings (SSSR count). The SMILES string of the molecule is C=CCOC12Oc3ccc(OC(=O)NCCCCCCCCCCCC)cc3C3C(CCCCO)C(CCCCO)C=C(C(=NOC)CC1N(CCOCCO)C(=O)OCC)C32. The summed E-state index contributed by atoms with van der Waals surface area (Å²) in [7, 11) is 1.50. The molecule has 14 nitrogen and oxygen atoms in total. The van der Waals surface area contributed by atoms with Crippen LogP contribution in [0.1, 0.15) is 134 Å². The molecule has 6 unspecified atom stereocenters. The van der Waals surface area contributed by atoms with Crippen molar-refractivity contribution in [3.8, 4) is 11.5 Å². The number of nitrogens with one attached hydrogen (secondary N) is 1. The molecule has 2 amide bonds. The Labute approximate surface area is 370 Å². The lowest BCUT2D eigenvalue weighted by Crippen LogP contribution is -2.70. The first kappa shape index (κ1) is 50.9. The lowest BCUT2D eigenvalue weighted by Gasteiger charge is -2.59. The lowest BCUT2D eigenvalue weighted by atomic mass is 9.55. The van der Waals surface area contributed by atoms with Crippen LogP contribution in [0.3, 0.4) is 0 Å². The third-order valence-corrected chi connectivity index (χ3v) is 12.4. The average molecular weight is 872 g/mol. The van der Waals surface area contributed by atoms with Crippen LogP contribution in [0, 0.1) is 17.8 Å². The van der Waals surface area contributed by atoms with Crippen LogP contribution in [0.4, 0.5) is 9.59 Å². The van der Waals surface area contributed by atoms with Crippen molar-refractivity contribution in [2.24, 2.45) is 22.9 Å². The van der Waals surface area contributed by atoms with Crippen molar-refractivity contribution in [1.82, 2.24) is 10.2 Å². The number of carbonyl (C=O) groups excluding carboxylic acids is 2. The summed E-state index contributed by atoms with van der Waals surface area (Å²) >= 11 is 0. The number of nitrogens with zero attached hydrogens (tertiary/aromatic N) is 2. The van der Waals surface area contributed by atoms with Gasteiger partial charge in [0.05, 0.1) is 44.7 Å². The number of oxime groups is 1. The van der Waals surface area contributed by atoms with Crippen LogP contribution in [0.25, 0.3) is 0 Å². The first-order chi connectivity index (χ1) is 30.3. The molecule has 3 aliphatic rings. The Morgan fingerprint density at radius 3 is 2.31 bits per heavy atom. The maximum absolute atomic E-state index is 14.0. The third kappa shape index (κ3) is 14.2. The van der Waals surface area contributed by atoms with Crippen molar-refractivity contribution in [3.05, 3.63) is 48.1 Å². The molecule has 4 N–H and O–H groups in total. The minimum absolute atomic E-state index is 0.00441. The lowest BCUT2D eigenvalue weighted by molar-refractivity contribution is -0.256. The number of aliphatic hydroxyl groups excluding tert-OH is 3. The van der Waals surface area contributed by atoms with Crippen molar-refractivity contribution in [1.29, 1.82) is 0 Å². The molecule has 14 heteroatoms. The minimum Gasteiger partial charge on any atom is -0.459 e. The number of unbranched alkanes of at least 4 members (excludes halogenated alkanes) is 11. The van der Waals surface area contributed by atoms with Crippen LogP contribution in [0.15, 0.2) is 47.7 Å². The van der Waals surface area contributed by atoms with Gasteiger partial charge in [-0.05, 0) is 74.6 Å². The molecule has 1 aromatic rings.